The van der Waals surface area contributed by atoms with Gasteiger partial charge < -0.3 is 25.0 Å². The lowest BCUT2D eigenvalue weighted by molar-refractivity contribution is -0.259. The van der Waals surface area contributed by atoms with Crippen LogP contribution < -0.4 is 5.32 Å². The summed E-state index contributed by atoms with van der Waals surface area (Å²) in [4.78, 5) is 12.4. The highest BCUT2D eigenvalue weighted by Crippen LogP contribution is 2.24. The van der Waals surface area contributed by atoms with E-state index in [1.165, 1.54) is 19.2 Å². The third kappa shape index (κ3) is 5.48. The number of aryl methyl sites for hydroxylation is 1. The molecule has 3 rings (SSSR count). The van der Waals surface area contributed by atoms with Gasteiger partial charge in [0.1, 0.15) is 24.4 Å². The molecule has 0 saturated carbocycles. The Morgan fingerprint density at radius 1 is 1.06 bits per heavy atom. The molecule has 0 aromatic heterocycles. The maximum Gasteiger partial charge on any atom is 0.297 e. The first-order valence-electron chi connectivity index (χ1n) is 9.59. The Hall–Kier alpha value is -2.34. The van der Waals surface area contributed by atoms with E-state index in [4.69, 9.17) is 13.7 Å². The molecular formula is C21H25NO8S. The summed E-state index contributed by atoms with van der Waals surface area (Å²) < 4.78 is 40.6. The SMILES string of the molecule is COC1OC(COS(=O)(=O)c2ccc(C)cc2)C(O)C(O)C1NC(=O)c1ccccc1. The first-order valence-corrected chi connectivity index (χ1v) is 11.0. The number of carbonyl (C=O) groups is 1. The number of carbonyl (C=O) groups excluding carboxylic acids is 1. The third-order valence-corrected chi connectivity index (χ3v) is 6.26. The molecule has 1 heterocycles. The van der Waals surface area contributed by atoms with Crippen LogP contribution in [-0.4, -0.2) is 68.9 Å². The molecule has 1 saturated heterocycles. The lowest BCUT2D eigenvalue weighted by atomic mass is 9.96. The van der Waals surface area contributed by atoms with E-state index < -0.39 is 53.3 Å². The van der Waals surface area contributed by atoms with Crippen molar-refractivity contribution in [3.05, 3.63) is 65.7 Å². The maximum absolute atomic E-state index is 12.4. The van der Waals surface area contributed by atoms with Crippen LogP contribution in [0, 0.1) is 6.92 Å². The highest BCUT2D eigenvalue weighted by atomic mass is 32.2. The summed E-state index contributed by atoms with van der Waals surface area (Å²) in [5, 5.41) is 23.6. The van der Waals surface area contributed by atoms with Crippen molar-refractivity contribution in [1.29, 1.82) is 0 Å². The molecule has 1 aliphatic rings. The number of aliphatic hydroxyl groups excluding tert-OH is 2. The average Bonchev–Trinajstić information content (AvgIpc) is 2.77. The van der Waals surface area contributed by atoms with Crippen molar-refractivity contribution in [1.82, 2.24) is 5.32 Å². The van der Waals surface area contributed by atoms with Crippen LogP contribution in [0.3, 0.4) is 0 Å². The lowest BCUT2D eigenvalue weighted by Crippen LogP contribution is -2.64. The quantitative estimate of drug-likeness (QED) is 0.522. The van der Waals surface area contributed by atoms with Crippen LogP contribution in [0.15, 0.2) is 59.5 Å². The maximum atomic E-state index is 12.4. The Labute approximate surface area is 180 Å². The Kier molecular flexibility index (Phi) is 7.42. The number of hydrogen-bond acceptors (Lipinski definition) is 8. The average molecular weight is 451 g/mol. The van der Waals surface area contributed by atoms with E-state index in [1.807, 2.05) is 6.92 Å². The molecular weight excluding hydrogens is 426 g/mol. The van der Waals surface area contributed by atoms with Gasteiger partial charge in [0.15, 0.2) is 6.29 Å². The number of hydrogen-bond donors (Lipinski definition) is 3. The molecule has 168 valence electrons. The molecule has 31 heavy (non-hydrogen) atoms. The van der Waals surface area contributed by atoms with E-state index in [0.717, 1.165) is 5.56 Å². The number of rotatable bonds is 7. The zero-order valence-corrected chi connectivity index (χ0v) is 17.9. The molecule has 0 spiro atoms. The highest BCUT2D eigenvalue weighted by molar-refractivity contribution is 7.86. The minimum atomic E-state index is -4.09. The number of benzene rings is 2. The van der Waals surface area contributed by atoms with Crippen molar-refractivity contribution in [2.75, 3.05) is 13.7 Å². The largest absolute Gasteiger partial charge is 0.388 e. The Morgan fingerprint density at radius 2 is 1.71 bits per heavy atom. The van der Waals surface area contributed by atoms with Gasteiger partial charge in [-0.1, -0.05) is 35.9 Å². The van der Waals surface area contributed by atoms with Crippen LogP contribution in [0.1, 0.15) is 15.9 Å². The zero-order chi connectivity index (χ0) is 22.6. The normalized spacial score (nSPS) is 26.4. The molecule has 5 atom stereocenters. The summed E-state index contributed by atoms with van der Waals surface area (Å²) in [6.45, 7) is 1.27. The number of aliphatic hydroxyl groups is 2. The first-order chi connectivity index (χ1) is 14.7. The zero-order valence-electron chi connectivity index (χ0n) is 17.0. The van der Waals surface area contributed by atoms with Gasteiger partial charge in [-0.2, -0.15) is 8.42 Å². The van der Waals surface area contributed by atoms with E-state index >= 15 is 0 Å². The summed E-state index contributed by atoms with van der Waals surface area (Å²) >= 11 is 0. The summed E-state index contributed by atoms with van der Waals surface area (Å²) in [5.74, 6) is -0.487. The van der Waals surface area contributed by atoms with Crippen molar-refractivity contribution in [3.8, 4) is 0 Å². The van der Waals surface area contributed by atoms with E-state index in [9.17, 15) is 23.4 Å². The summed E-state index contributed by atoms with van der Waals surface area (Å²) in [6.07, 6.45) is -5.35. The van der Waals surface area contributed by atoms with Crippen molar-refractivity contribution >= 4 is 16.0 Å². The molecule has 1 amide bonds. The number of amides is 1. The lowest BCUT2D eigenvalue weighted by Gasteiger charge is -2.42. The minimum absolute atomic E-state index is 0.0414. The van der Waals surface area contributed by atoms with Crippen molar-refractivity contribution in [2.45, 2.75) is 42.5 Å². The van der Waals surface area contributed by atoms with Gasteiger partial charge in [-0.25, -0.2) is 0 Å². The van der Waals surface area contributed by atoms with E-state index in [1.54, 1.807) is 42.5 Å². The second-order valence-corrected chi connectivity index (χ2v) is 8.79. The number of nitrogens with one attached hydrogen (secondary N) is 1. The second-order valence-electron chi connectivity index (χ2n) is 7.18. The van der Waals surface area contributed by atoms with Gasteiger partial charge in [0, 0.05) is 12.7 Å². The standard InChI is InChI=1S/C21H25NO8S/c1-13-8-10-15(11-9-13)31(26,27)29-12-16-18(23)19(24)17(21(28-2)30-16)22-20(25)14-6-4-3-5-7-14/h3-11,16-19,21,23-24H,12H2,1-2H3,(H,22,25). The fourth-order valence-electron chi connectivity index (χ4n) is 3.18. The molecule has 0 radical (unpaired) electrons. The van der Waals surface area contributed by atoms with E-state index in [-0.39, 0.29) is 4.90 Å². The molecule has 5 unspecified atom stereocenters. The highest BCUT2D eigenvalue weighted by Gasteiger charge is 2.46. The van der Waals surface area contributed by atoms with Crippen LogP contribution in [-0.2, 0) is 23.8 Å². The predicted octanol–water partition coefficient (Wildman–Crippen LogP) is 0.592. The van der Waals surface area contributed by atoms with Gasteiger partial charge in [0.05, 0.1) is 11.5 Å². The fourth-order valence-corrected chi connectivity index (χ4v) is 4.10. The van der Waals surface area contributed by atoms with Crippen LogP contribution in [0.2, 0.25) is 0 Å². The molecule has 2 aromatic carbocycles. The van der Waals surface area contributed by atoms with Gasteiger partial charge in [0.25, 0.3) is 16.0 Å². The fraction of sp³-hybridized carbons (Fsp3) is 0.381. The molecule has 0 bridgehead atoms. The smallest absolute Gasteiger partial charge is 0.297 e. The molecule has 10 heteroatoms. The van der Waals surface area contributed by atoms with Gasteiger partial charge in [-0.15, -0.1) is 0 Å². The Balaban J connectivity index is 1.67. The second kappa shape index (κ2) is 9.86. The van der Waals surface area contributed by atoms with Crippen LogP contribution >= 0.6 is 0 Å². The van der Waals surface area contributed by atoms with Crippen LogP contribution in [0.5, 0.6) is 0 Å². The molecule has 1 fully saturated rings. The third-order valence-electron chi connectivity index (χ3n) is 4.96. The van der Waals surface area contributed by atoms with E-state index in [2.05, 4.69) is 5.32 Å². The predicted molar refractivity (Wildman–Crippen MR) is 110 cm³/mol. The topological polar surface area (TPSA) is 131 Å². The molecule has 9 nitrogen and oxygen atoms in total. The van der Waals surface area contributed by atoms with Gasteiger partial charge in [-0.05, 0) is 31.2 Å². The van der Waals surface area contributed by atoms with Gasteiger partial charge in [-0.3, -0.25) is 8.98 Å². The molecule has 0 aliphatic carbocycles. The molecule has 1 aliphatic heterocycles. The van der Waals surface area contributed by atoms with Crippen molar-refractivity contribution < 1.29 is 37.1 Å². The summed E-state index contributed by atoms with van der Waals surface area (Å²) in [6, 6.07) is 13.3. The minimum Gasteiger partial charge on any atom is -0.388 e. The molecule has 3 N–H and O–H groups in total. The van der Waals surface area contributed by atoms with Crippen LogP contribution in [0.25, 0.3) is 0 Å². The van der Waals surface area contributed by atoms with Gasteiger partial charge in [0.2, 0.25) is 0 Å². The Bertz CT molecular complexity index is 978. The number of ether oxygens (including phenoxy) is 2. The van der Waals surface area contributed by atoms with Crippen LogP contribution in [0.4, 0.5) is 0 Å². The van der Waals surface area contributed by atoms with Gasteiger partial charge >= 0.3 is 0 Å². The number of methoxy groups -OCH3 is 1. The first kappa shape index (κ1) is 23.3. The molecule has 2 aromatic rings. The summed E-state index contributed by atoms with van der Waals surface area (Å²) in [5.41, 5.74) is 1.24. The van der Waals surface area contributed by atoms with Crippen molar-refractivity contribution in [2.24, 2.45) is 0 Å². The van der Waals surface area contributed by atoms with Crippen molar-refractivity contribution in [3.63, 3.8) is 0 Å². The van der Waals surface area contributed by atoms with E-state index in [0.29, 0.717) is 5.56 Å². The monoisotopic (exact) mass is 451 g/mol. The Morgan fingerprint density at radius 3 is 2.32 bits per heavy atom. The summed E-state index contributed by atoms with van der Waals surface area (Å²) in [7, 11) is -2.79.